The fourth-order valence-electron chi connectivity index (χ4n) is 6.46. The molecule has 0 heterocycles. The van der Waals surface area contributed by atoms with E-state index in [9.17, 15) is 24.3 Å². The van der Waals surface area contributed by atoms with Gasteiger partial charge in [0.1, 0.15) is 18.2 Å². The quantitative estimate of drug-likeness (QED) is 0.105. The standard InChI is InChI=1S/C40H57NO7/c1-5-6-7-8-9-10-11-12-13-14-15-16-17-26-36(42)41(35(27-28-37(43)44)38(45)48-40(2,3)4)39(46)47-29-34-32-24-20-18-22-30(32)31-23-19-21-25-33(31)34/h18-25,34-35H,5-17,26-29H2,1-4H3,(H,43,44)/t35-/m0/s1. The van der Waals surface area contributed by atoms with Crippen LogP contribution in [0.2, 0.25) is 0 Å². The second-order valence-corrected chi connectivity index (χ2v) is 14.0. The number of aliphatic carboxylic acids is 1. The molecule has 1 aliphatic rings. The van der Waals surface area contributed by atoms with Gasteiger partial charge in [0.2, 0.25) is 5.91 Å². The number of unbranched alkanes of at least 4 members (excludes halogenated alkanes) is 12. The van der Waals surface area contributed by atoms with Crippen molar-refractivity contribution in [3.05, 3.63) is 59.7 Å². The van der Waals surface area contributed by atoms with Crippen LogP contribution in [0.3, 0.4) is 0 Å². The molecule has 0 radical (unpaired) electrons. The van der Waals surface area contributed by atoms with Crippen LogP contribution in [0.5, 0.6) is 0 Å². The summed E-state index contributed by atoms with van der Waals surface area (Å²) in [7, 11) is 0. The van der Waals surface area contributed by atoms with Gasteiger partial charge in [-0.2, -0.15) is 0 Å². The van der Waals surface area contributed by atoms with Gasteiger partial charge in [-0.3, -0.25) is 9.59 Å². The number of amides is 2. The molecule has 0 fully saturated rings. The summed E-state index contributed by atoms with van der Waals surface area (Å²) in [6.45, 7) is 7.26. The van der Waals surface area contributed by atoms with E-state index in [2.05, 4.69) is 6.92 Å². The van der Waals surface area contributed by atoms with Crippen LogP contribution in [0.4, 0.5) is 4.79 Å². The number of benzene rings is 2. The normalized spacial score (nSPS) is 13.0. The SMILES string of the molecule is CCCCCCCCCCCCCCCC(=O)N(C(=O)OCC1c2ccccc2-c2ccccc21)[C@@H](CCC(=O)O)C(=O)OC(C)(C)C. The maximum atomic E-state index is 13.8. The number of carboxylic acid groups (broad SMARTS) is 1. The number of esters is 1. The van der Waals surface area contributed by atoms with Gasteiger partial charge >= 0.3 is 18.0 Å². The van der Waals surface area contributed by atoms with Gasteiger partial charge in [0.05, 0.1) is 0 Å². The van der Waals surface area contributed by atoms with E-state index < -0.39 is 42.0 Å². The average Bonchev–Trinajstić information content (AvgIpc) is 3.36. The Kier molecular flexibility index (Phi) is 16.1. The van der Waals surface area contributed by atoms with Crippen LogP contribution in [0, 0.1) is 0 Å². The zero-order valence-electron chi connectivity index (χ0n) is 29.6. The molecule has 48 heavy (non-hydrogen) atoms. The zero-order valence-corrected chi connectivity index (χ0v) is 29.6. The lowest BCUT2D eigenvalue weighted by Gasteiger charge is -2.31. The molecule has 264 valence electrons. The van der Waals surface area contributed by atoms with Crippen LogP contribution in [0.15, 0.2) is 48.5 Å². The van der Waals surface area contributed by atoms with E-state index >= 15 is 0 Å². The summed E-state index contributed by atoms with van der Waals surface area (Å²) in [6, 6.07) is 14.5. The van der Waals surface area contributed by atoms with Crippen molar-refractivity contribution in [1.82, 2.24) is 4.90 Å². The largest absolute Gasteiger partial charge is 0.481 e. The van der Waals surface area contributed by atoms with Gasteiger partial charge in [0.15, 0.2) is 0 Å². The van der Waals surface area contributed by atoms with E-state index in [-0.39, 0.29) is 25.4 Å². The molecule has 2 aromatic carbocycles. The Hall–Kier alpha value is -3.68. The Morgan fingerprint density at radius 3 is 1.69 bits per heavy atom. The van der Waals surface area contributed by atoms with E-state index in [4.69, 9.17) is 9.47 Å². The number of hydrogen-bond acceptors (Lipinski definition) is 6. The molecule has 0 unspecified atom stereocenters. The van der Waals surface area contributed by atoms with Crippen molar-refractivity contribution in [3.63, 3.8) is 0 Å². The maximum Gasteiger partial charge on any atom is 0.417 e. The number of nitrogens with zero attached hydrogens (tertiary/aromatic N) is 1. The molecule has 0 saturated carbocycles. The fraction of sp³-hybridized carbons (Fsp3) is 0.600. The van der Waals surface area contributed by atoms with Crippen LogP contribution in [-0.2, 0) is 23.9 Å². The molecule has 2 amide bonds. The van der Waals surface area contributed by atoms with Crippen molar-refractivity contribution >= 4 is 23.9 Å². The number of imide groups is 1. The number of rotatable bonds is 21. The van der Waals surface area contributed by atoms with Crippen molar-refractivity contribution in [3.8, 4) is 11.1 Å². The lowest BCUT2D eigenvalue weighted by molar-refractivity contribution is -0.164. The summed E-state index contributed by atoms with van der Waals surface area (Å²) < 4.78 is 11.4. The third-order valence-electron chi connectivity index (χ3n) is 8.92. The van der Waals surface area contributed by atoms with Crippen molar-refractivity contribution in [2.75, 3.05) is 6.61 Å². The number of hydrogen-bond donors (Lipinski definition) is 1. The van der Waals surface area contributed by atoms with Crippen LogP contribution in [-0.4, -0.2) is 52.2 Å². The van der Waals surface area contributed by atoms with Crippen molar-refractivity contribution < 1.29 is 33.8 Å². The molecule has 3 rings (SSSR count). The second kappa shape index (κ2) is 20.0. The Morgan fingerprint density at radius 1 is 0.729 bits per heavy atom. The molecule has 2 aromatic rings. The van der Waals surface area contributed by atoms with E-state index in [0.29, 0.717) is 6.42 Å². The highest BCUT2D eigenvalue weighted by molar-refractivity contribution is 5.97. The summed E-state index contributed by atoms with van der Waals surface area (Å²) >= 11 is 0. The van der Waals surface area contributed by atoms with E-state index in [0.717, 1.165) is 46.4 Å². The van der Waals surface area contributed by atoms with Crippen molar-refractivity contribution in [2.45, 2.75) is 148 Å². The molecule has 0 aromatic heterocycles. The molecule has 0 bridgehead atoms. The fourth-order valence-corrected chi connectivity index (χ4v) is 6.46. The smallest absolute Gasteiger partial charge is 0.417 e. The van der Waals surface area contributed by atoms with E-state index in [1.54, 1.807) is 20.8 Å². The van der Waals surface area contributed by atoms with Crippen molar-refractivity contribution in [1.29, 1.82) is 0 Å². The molecular weight excluding hydrogens is 606 g/mol. The zero-order chi connectivity index (χ0) is 34.9. The highest BCUT2D eigenvalue weighted by Gasteiger charge is 2.39. The maximum absolute atomic E-state index is 13.8. The van der Waals surface area contributed by atoms with Gasteiger partial charge in [-0.25, -0.2) is 14.5 Å². The molecule has 8 heteroatoms. The summed E-state index contributed by atoms with van der Waals surface area (Å²) in [5.74, 6) is -2.76. The van der Waals surface area contributed by atoms with Gasteiger partial charge in [-0.15, -0.1) is 0 Å². The molecule has 0 saturated heterocycles. The molecule has 1 atom stereocenters. The third-order valence-corrected chi connectivity index (χ3v) is 8.92. The van der Waals surface area contributed by atoms with Crippen LogP contribution in [0.25, 0.3) is 11.1 Å². The Labute approximate surface area is 287 Å². The predicted octanol–water partition coefficient (Wildman–Crippen LogP) is 9.82. The first-order valence-corrected chi connectivity index (χ1v) is 18.1. The van der Waals surface area contributed by atoms with Gasteiger partial charge in [-0.05, 0) is 55.9 Å². The Bertz CT molecular complexity index is 1290. The summed E-state index contributed by atoms with van der Waals surface area (Å²) in [6.07, 6.45) is 13.4. The van der Waals surface area contributed by atoms with E-state index in [1.807, 2.05) is 48.5 Å². The highest BCUT2D eigenvalue weighted by atomic mass is 16.6. The van der Waals surface area contributed by atoms with Crippen molar-refractivity contribution in [2.24, 2.45) is 0 Å². The molecule has 1 aliphatic carbocycles. The molecule has 0 aliphatic heterocycles. The minimum Gasteiger partial charge on any atom is -0.481 e. The van der Waals surface area contributed by atoms with Gasteiger partial charge < -0.3 is 14.6 Å². The first kappa shape index (κ1) is 38.8. The lowest BCUT2D eigenvalue weighted by atomic mass is 9.98. The Balaban J connectivity index is 1.64. The monoisotopic (exact) mass is 663 g/mol. The topological polar surface area (TPSA) is 110 Å². The summed E-state index contributed by atoms with van der Waals surface area (Å²) in [5, 5.41) is 9.43. The highest BCUT2D eigenvalue weighted by Crippen LogP contribution is 2.44. The summed E-state index contributed by atoms with van der Waals surface area (Å²) in [5.41, 5.74) is 3.27. The minimum atomic E-state index is -1.41. The summed E-state index contributed by atoms with van der Waals surface area (Å²) in [4.78, 5) is 53.2. The number of carbonyl (C=O) groups is 4. The lowest BCUT2D eigenvalue weighted by Crippen LogP contribution is -2.51. The van der Waals surface area contributed by atoms with Crippen LogP contribution >= 0.6 is 0 Å². The third kappa shape index (κ3) is 12.4. The Morgan fingerprint density at radius 2 is 1.21 bits per heavy atom. The minimum absolute atomic E-state index is 0.0324. The number of fused-ring (bicyclic) bond motifs is 3. The van der Waals surface area contributed by atoms with Gasteiger partial charge in [-0.1, -0.05) is 133 Å². The molecule has 8 nitrogen and oxygen atoms in total. The number of ether oxygens (including phenoxy) is 2. The van der Waals surface area contributed by atoms with E-state index in [1.165, 1.54) is 57.8 Å². The first-order chi connectivity index (χ1) is 23.0. The van der Waals surface area contributed by atoms with Crippen LogP contribution < -0.4 is 0 Å². The predicted molar refractivity (Wildman–Crippen MR) is 189 cm³/mol. The van der Waals surface area contributed by atoms with Crippen LogP contribution in [0.1, 0.15) is 147 Å². The average molecular weight is 664 g/mol. The first-order valence-electron chi connectivity index (χ1n) is 18.1. The number of carbonyl (C=O) groups excluding carboxylic acids is 3. The van der Waals surface area contributed by atoms with Gasteiger partial charge in [0, 0.05) is 18.8 Å². The molecule has 0 spiro atoms. The molecular formula is C40H57NO7. The second-order valence-electron chi connectivity index (χ2n) is 14.0. The number of carboxylic acids is 1. The molecule has 1 N–H and O–H groups in total. The van der Waals surface area contributed by atoms with Gasteiger partial charge in [0.25, 0.3) is 0 Å².